The van der Waals surface area contributed by atoms with E-state index >= 15 is 0 Å². The fourth-order valence-corrected chi connectivity index (χ4v) is 2.61. The van der Waals surface area contributed by atoms with Crippen molar-refractivity contribution in [3.05, 3.63) is 64.3 Å². The van der Waals surface area contributed by atoms with Gasteiger partial charge >= 0.3 is 5.97 Å². The molecular weight excluding hydrogens is 280 g/mol. The SMILES string of the molecule is C[C@@H](C(=O)O)c1cc(O)c2c(=O)c3ccccc3ccc2c1. The molecule has 3 aromatic rings. The summed E-state index contributed by atoms with van der Waals surface area (Å²) in [6.07, 6.45) is 0. The second kappa shape index (κ2) is 5.15. The van der Waals surface area contributed by atoms with Gasteiger partial charge in [0.05, 0.1) is 11.3 Å². The zero-order valence-corrected chi connectivity index (χ0v) is 11.9. The molecule has 0 fully saturated rings. The van der Waals surface area contributed by atoms with Gasteiger partial charge in [0.1, 0.15) is 5.75 Å². The average molecular weight is 294 g/mol. The van der Waals surface area contributed by atoms with Crippen LogP contribution in [0.2, 0.25) is 0 Å². The van der Waals surface area contributed by atoms with Gasteiger partial charge in [0.15, 0.2) is 5.43 Å². The second-order valence-electron chi connectivity index (χ2n) is 5.31. The van der Waals surface area contributed by atoms with Crippen molar-refractivity contribution in [2.24, 2.45) is 0 Å². The summed E-state index contributed by atoms with van der Waals surface area (Å²) in [4.78, 5) is 23.8. The van der Waals surface area contributed by atoms with Crippen molar-refractivity contribution >= 4 is 27.5 Å². The van der Waals surface area contributed by atoms with E-state index in [1.165, 1.54) is 6.07 Å². The minimum atomic E-state index is -0.980. The fourth-order valence-electron chi connectivity index (χ4n) is 2.61. The molecule has 1 atom stereocenters. The standard InChI is InChI=1S/C18H14O4/c1-10(18(21)22)13-8-12-7-6-11-4-2-3-5-14(11)17(20)16(12)15(19)9-13/h2-10,19H,1H3,(H,21,22)/t10-/m1/s1. The highest BCUT2D eigenvalue weighted by molar-refractivity contribution is 5.97. The van der Waals surface area contributed by atoms with Crippen LogP contribution >= 0.6 is 0 Å². The molecule has 0 aromatic heterocycles. The third-order valence-corrected chi connectivity index (χ3v) is 3.92. The summed E-state index contributed by atoms with van der Waals surface area (Å²) in [6, 6.07) is 13.7. The number of benzene rings is 2. The number of aliphatic carboxylic acids is 1. The van der Waals surface area contributed by atoms with Gasteiger partial charge in [0, 0.05) is 5.39 Å². The average Bonchev–Trinajstić information content (AvgIpc) is 2.64. The van der Waals surface area contributed by atoms with Crippen molar-refractivity contribution in [2.75, 3.05) is 0 Å². The molecule has 0 saturated heterocycles. The highest BCUT2D eigenvalue weighted by Gasteiger charge is 2.17. The monoisotopic (exact) mass is 294 g/mol. The molecule has 3 rings (SSSR count). The van der Waals surface area contributed by atoms with E-state index in [1.807, 2.05) is 12.1 Å². The molecule has 0 aliphatic rings. The Morgan fingerprint density at radius 2 is 1.73 bits per heavy atom. The first kappa shape index (κ1) is 14.1. The van der Waals surface area contributed by atoms with Crippen LogP contribution in [0, 0.1) is 0 Å². The second-order valence-corrected chi connectivity index (χ2v) is 5.31. The molecule has 0 radical (unpaired) electrons. The molecule has 0 saturated carbocycles. The van der Waals surface area contributed by atoms with Gasteiger partial charge in [-0.3, -0.25) is 9.59 Å². The molecule has 22 heavy (non-hydrogen) atoms. The number of carboxylic acids is 1. The lowest BCUT2D eigenvalue weighted by Crippen LogP contribution is -2.08. The number of phenolic OH excluding ortho intramolecular Hbond substituents is 1. The summed E-state index contributed by atoms with van der Waals surface area (Å²) >= 11 is 0. The third-order valence-electron chi connectivity index (χ3n) is 3.92. The Hall–Kier alpha value is -2.88. The van der Waals surface area contributed by atoms with Crippen LogP contribution in [0.15, 0.2) is 53.3 Å². The number of aromatic hydroxyl groups is 1. The van der Waals surface area contributed by atoms with Crippen LogP contribution in [-0.4, -0.2) is 16.2 Å². The van der Waals surface area contributed by atoms with Gasteiger partial charge in [0.25, 0.3) is 0 Å². The lowest BCUT2D eigenvalue weighted by atomic mass is 9.98. The van der Waals surface area contributed by atoms with Crippen molar-refractivity contribution in [2.45, 2.75) is 12.8 Å². The lowest BCUT2D eigenvalue weighted by Gasteiger charge is -2.08. The Bertz CT molecular complexity index is 960. The van der Waals surface area contributed by atoms with Crippen LogP contribution in [0.5, 0.6) is 5.75 Å². The van der Waals surface area contributed by atoms with Gasteiger partial charge in [-0.1, -0.05) is 36.4 Å². The molecule has 0 bridgehead atoms. The van der Waals surface area contributed by atoms with Crippen LogP contribution in [0.1, 0.15) is 18.4 Å². The van der Waals surface area contributed by atoms with E-state index < -0.39 is 11.9 Å². The number of phenols is 1. The molecule has 2 N–H and O–H groups in total. The van der Waals surface area contributed by atoms with E-state index in [-0.39, 0.29) is 16.6 Å². The van der Waals surface area contributed by atoms with Crippen LogP contribution in [-0.2, 0) is 4.79 Å². The topological polar surface area (TPSA) is 74.6 Å². The minimum Gasteiger partial charge on any atom is -0.507 e. The lowest BCUT2D eigenvalue weighted by molar-refractivity contribution is -0.138. The smallest absolute Gasteiger partial charge is 0.310 e. The number of carbonyl (C=O) groups is 1. The van der Waals surface area contributed by atoms with Gasteiger partial charge in [-0.15, -0.1) is 0 Å². The maximum atomic E-state index is 12.6. The van der Waals surface area contributed by atoms with Crippen molar-refractivity contribution in [1.82, 2.24) is 0 Å². The first-order valence-electron chi connectivity index (χ1n) is 6.90. The quantitative estimate of drug-likeness (QED) is 0.761. The summed E-state index contributed by atoms with van der Waals surface area (Å²) in [5, 5.41) is 21.4. The van der Waals surface area contributed by atoms with Crippen LogP contribution in [0.4, 0.5) is 0 Å². The van der Waals surface area contributed by atoms with Crippen LogP contribution in [0.25, 0.3) is 21.5 Å². The molecular formula is C18H14O4. The first-order valence-corrected chi connectivity index (χ1v) is 6.90. The molecule has 0 amide bonds. The van der Waals surface area contributed by atoms with Gasteiger partial charge in [-0.05, 0) is 35.4 Å². The number of fused-ring (bicyclic) bond motifs is 2. The van der Waals surface area contributed by atoms with Crippen LogP contribution < -0.4 is 5.43 Å². The molecule has 3 aromatic carbocycles. The van der Waals surface area contributed by atoms with Gasteiger partial charge < -0.3 is 10.2 Å². The molecule has 4 nitrogen and oxygen atoms in total. The molecule has 0 heterocycles. The van der Waals surface area contributed by atoms with Gasteiger partial charge in [-0.2, -0.15) is 0 Å². The molecule has 0 aliphatic carbocycles. The van der Waals surface area contributed by atoms with E-state index in [9.17, 15) is 14.7 Å². The van der Waals surface area contributed by atoms with E-state index in [2.05, 4.69) is 0 Å². The van der Waals surface area contributed by atoms with Crippen molar-refractivity contribution < 1.29 is 15.0 Å². The Balaban J connectivity index is 2.44. The fraction of sp³-hybridized carbons (Fsp3) is 0.111. The number of hydrogen-bond donors (Lipinski definition) is 2. The molecule has 4 heteroatoms. The summed E-state index contributed by atoms with van der Waals surface area (Å²) in [5.41, 5.74) is 0.204. The molecule has 0 aliphatic heterocycles. The van der Waals surface area contributed by atoms with E-state index in [0.717, 1.165) is 5.39 Å². The van der Waals surface area contributed by atoms with E-state index in [1.54, 1.807) is 37.3 Å². The molecule has 0 spiro atoms. The number of rotatable bonds is 2. The number of carboxylic acid groups (broad SMARTS) is 1. The Labute approximate surface area is 126 Å². The number of hydrogen-bond acceptors (Lipinski definition) is 3. The minimum absolute atomic E-state index is 0.188. The van der Waals surface area contributed by atoms with E-state index in [0.29, 0.717) is 16.3 Å². The Kier molecular flexibility index (Phi) is 3.29. The van der Waals surface area contributed by atoms with Crippen molar-refractivity contribution in [3.63, 3.8) is 0 Å². The highest BCUT2D eigenvalue weighted by atomic mass is 16.4. The summed E-state index contributed by atoms with van der Waals surface area (Å²) < 4.78 is 0. The zero-order valence-electron chi connectivity index (χ0n) is 11.9. The van der Waals surface area contributed by atoms with Crippen LogP contribution in [0.3, 0.4) is 0 Å². The first-order chi connectivity index (χ1) is 10.5. The normalized spacial score (nSPS) is 12.4. The predicted molar refractivity (Wildman–Crippen MR) is 85.4 cm³/mol. The summed E-state index contributed by atoms with van der Waals surface area (Å²) in [5.74, 6) is -1.93. The molecule has 0 unspecified atom stereocenters. The van der Waals surface area contributed by atoms with E-state index in [4.69, 9.17) is 5.11 Å². The Morgan fingerprint density at radius 3 is 2.45 bits per heavy atom. The largest absolute Gasteiger partial charge is 0.507 e. The highest BCUT2D eigenvalue weighted by Crippen LogP contribution is 2.28. The third kappa shape index (κ3) is 2.19. The maximum absolute atomic E-state index is 12.6. The summed E-state index contributed by atoms with van der Waals surface area (Å²) in [6.45, 7) is 1.54. The summed E-state index contributed by atoms with van der Waals surface area (Å²) in [7, 11) is 0. The maximum Gasteiger partial charge on any atom is 0.310 e. The predicted octanol–water partition coefficient (Wildman–Crippen LogP) is 3.25. The molecule has 110 valence electrons. The van der Waals surface area contributed by atoms with Gasteiger partial charge in [-0.25, -0.2) is 0 Å². The Morgan fingerprint density at radius 1 is 1.05 bits per heavy atom. The van der Waals surface area contributed by atoms with Crippen molar-refractivity contribution in [3.8, 4) is 5.75 Å². The van der Waals surface area contributed by atoms with Gasteiger partial charge in [0.2, 0.25) is 0 Å². The zero-order chi connectivity index (χ0) is 15.9. The van der Waals surface area contributed by atoms with Crippen molar-refractivity contribution in [1.29, 1.82) is 0 Å².